The van der Waals surface area contributed by atoms with Gasteiger partial charge in [-0.15, -0.1) is 0 Å². The normalized spacial score (nSPS) is 16.6. The van der Waals surface area contributed by atoms with Crippen molar-refractivity contribution in [3.05, 3.63) is 28.7 Å². The lowest BCUT2D eigenvalue weighted by Crippen LogP contribution is -2.37. The number of aryl methyl sites for hydroxylation is 1. The minimum atomic E-state index is -3.61. The third-order valence-corrected chi connectivity index (χ3v) is 4.87. The standard InChI is InChI=1S/C13H17N3O4S/c1-16-11-8-10(6-7-12(11)20-13(16)17)15-21(18,19)14-9-4-2-3-5-9/h6-9,14-15H,2-5H2,1H3. The molecule has 114 valence electrons. The molecule has 21 heavy (non-hydrogen) atoms. The lowest BCUT2D eigenvalue weighted by atomic mass is 10.3. The van der Waals surface area contributed by atoms with Gasteiger partial charge in [0.2, 0.25) is 0 Å². The van der Waals surface area contributed by atoms with Crippen molar-refractivity contribution in [1.29, 1.82) is 0 Å². The van der Waals surface area contributed by atoms with Crippen molar-refractivity contribution in [2.24, 2.45) is 7.05 Å². The second-order valence-electron chi connectivity index (χ2n) is 5.31. The van der Waals surface area contributed by atoms with E-state index in [1.54, 1.807) is 25.2 Å². The van der Waals surface area contributed by atoms with Crippen molar-refractivity contribution in [2.75, 3.05) is 4.72 Å². The first kappa shape index (κ1) is 14.2. The van der Waals surface area contributed by atoms with Gasteiger partial charge in [-0.05, 0) is 31.0 Å². The number of oxazole rings is 1. The summed E-state index contributed by atoms with van der Waals surface area (Å²) in [7, 11) is -2.04. The van der Waals surface area contributed by atoms with Crippen LogP contribution < -0.4 is 15.2 Å². The average Bonchev–Trinajstić information content (AvgIpc) is 2.99. The highest BCUT2D eigenvalue weighted by Gasteiger charge is 2.21. The molecule has 1 aromatic heterocycles. The molecule has 0 amide bonds. The molecule has 0 atom stereocenters. The Labute approximate surface area is 122 Å². The molecule has 2 aromatic rings. The molecule has 1 aromatic carbocycles. The summed E-state index contributed by atoms with van der Waals surface area (Å²) in [5.74, 6) is -0.478. The van der Waals surface area contributed by atoms with Gasteiger partial charge in [-0.3, -0.25) is 9.29 Å². The Bertz CT molecular complexity index is 816. The average molecular weight is 311 g/mol. The molecule has 1 aliphatic rings. The molecule has 1 aliphatic carbocycles. The number of rotatable bonds is 4. The van der Waals surface area contributed by atoms with Crippen molar-refractivity contribution >= 4 is 27.0 Å². The quantitative estimate of drug-likeness (QED) is 0.890. The first-order chi connectivity index (χ1) is 9.94. The van der Waals surface area contributed by atoms with Crippen LogP contribution in [0.25, 0.3) is 11.1 Å². The highest BCUT2D eigenvalue weighted by molar-refractivity contribution is 7.90. The van der Waals surface area contributed by atoms with Gasteiger partial charge in [-0.1, -0.05) is 12.8 Å². The molecule has 7 nitrogen and oxygen atoms in total. The molecule has 1 heterocycles. The van der Waals surface area contributed by atoms with Crippen LogP contribution in [-0.2, 0) is 17.3 Å². The highest BCUT2D eigenvalue weighted by Crippen LogP contribution is 2.21. The van der Waals surface area contributed by atoms with Crippen LogP contribution in [0.3, 0.4) is 0 Å². The summed E-state index contributed by atoms with van der Waals surface area (Å²) in [5.41, 5.74) is 1.36. The van der Waals surface area contributed by atoms with Crippen molar-refractivity contribution in [3.63, 3.8) is 0 Å². The molecular weight excluding hydrogens is 294 g/mol. The minimum Gasteiger partial charge on any atom is -0.408 e. The van der Waals surface area contributed by atoms with E-state index in [1.807, 2.05) is 0 Å². The molecule has 8 heteroatoms. The van der Waals surface area contributed by atoms with Gasteiger partial charge in [-0.25, -0.2) is 4.79 Å². The molecule has 0 unspecified atom stereocenters. The summed E-state index contributed by atoms with van der Waals surface area (Å²) in [5, 5.41) is 0. The minimum absolute atomic E-state index is 0.00418. The summed E-state index contributed by atoms with van der Waals surface area (Å²) in [4.78, 5) is 11.4. The van der Waals surface area contributed by atoms with Gasteiger partial charge in [0.05, 0.1) is 11.2 Å². The molecule has 0 aliphatic heterocycles. The van der Waals surface area contributed by atoms with E-state index in [0.717, 1.165) is 25.7 Å². The van der Waals surface area contributed by atoms with Crippen molar-refractivity contribution in [2.45, 2.75) is 31.7 Å². The Morgan fingerprint density at radius 1 is 1.29 bits per heavy atom. The van der Waals surface area contributed by atoms with Crippen LogP contribution in [0, 0.1) is 0 Å². The first-order valence-electron chi connectivity index (χ1n) is 6.84. The Kier molecular flexibility index (Phi) is 3.50. The molecule has 0 spiro atoms. The zero-order valence-electron chi connectivity index (χ0n) is 11.6. The number of nitrogens with zero attached hydrogens (tertiary/aromatic N) is 1. The Morgan fingerprint density at radius 3 is 2.71 bits per heavy atom. The summed E-state index contributed by atoms with van der Waals surface area (Å²) < 4.78 is 35.6. The largest absolute Gasteiger partial charge is 0.419 e. The fraction of sp³-hybridized carbons (Fsp3) is 0.462. The summed E-state index contributed by atoms with van der Waals surface area (Å²) >= 11 is 0. The second kappa shape index (κ2) is 5.19. The Hall–Kier alpha value is -1.80. The number of hydrogen-bond acceptors (Lipinski definition) is 4. The lowest BCUT2D eigenvalue weighted by Gasteiger charge is -2.14. The van der Waals surface area contributed by atoms with Gasteiger partial charge >= 0.3 is 5.76 Å². The number of fused-ring (bicyclic) bond motifs is 1. The van der Waals surface area contributed by atoms with Gasteiger partial charge in [0, 0.05) is 13.1 Å². The van der Waals surface area contributed by atoms with Crippen molar-refractivity contribution in [1.82, 2.24) is 9.29 Å². The lowest BCUT2D eigenvalue weighted by molar-refractivity contribution is 0.528. The van der Waals surface area contributed by atoms with Crippen LogP contribution in [0.1, 0.15) is 25.7 Å². The van der Waals surface area contributed by atoms with E-state index in [-0.39, 0.29) is 6.04 Å². The maximum absolute atomic E-state index is 12.1. The summed E-state index contributed by atoms with van der Waals surface area (Å²) in [6.07, 6.45) is 3.85. The Balaban J connectivity index is 1.83. The van der Waals surface area contributed by atoms with Crippen LogP contribution in [0.4, 0.5) is 5.69 Å². The molecule has 3 rings (SSSR count). The number of benzene rings is 1. The van der Waals surface area contributed by atoms with E-state index < -0.39 is 16.0 Å². The zero-order chi connectivity index (χ0) is 15.0. The predicted octanol–water partition coefficient (Wildman–Crippen LogP) is 1.32. The topological polar surface area (TPSA) is 93.3 Å². The fourth-order valence-corrected chi connectivity index (χ4v) is 3.81. The molecule has 0 radical (unpaired) electrons. The van der Waals surface area contributed by atoms with E-state index in [0.29, 0.717) is 16.8 Å². The molecule has 2 N–H and O–H groups in total. The van der Waals surface area contributed by atoms with E-state index in [9.17, 15) is 13.2 Å². The van der Waals surface area contributed by atoms with Crippen LogP contribution in [0.5, 0.6) is 0 Å². The van der Waals surface area contributed by atoms with Gasteiger partial charge in [0.25, 0.3) is 10.2 Å². The van der Waals surface area contributed by atoms with Gasteiger partial charge in [0.1, 0.15) is 0 Å². The predicted molar refractivity (Wildman–Crippen MR) is 79.4 cm³/mol. The van der Waals surface area contributed by atoms with E-state index in [4.69, 9.17) is 4.42 Å². The number of anilines is 1. The number of nitrogens with one attached hydrogen (secondary N) is 2. The summed E-state index contributed by atoms with van der Waals surface area (Å²) in [6, 6.07) is 4.72. The van der Waals surface area contributed by atoms with Crippen molar-refractivity contribution < 1.29 is 12.8 Å². The summed E-state index contributed by atoms with van der Waals surface area (Å²) in [6.45, 7) is 0. The van der Waals surface area contributed by atoms with Crippen LogP contribution in [-0.4, -0.2) is 19.0 Å². The first-order valence-corrected chi connectivity index (χ1v) is 8.32. The van der Waals surface area contributed by atoms with Crippen LogP contribution >= 0.6 is 0 Å². The van der Waals surface area contributed by atoms with Crippen LogP contribution in [0.2, 0.25) is 0 Å². The molecular formula is C13H17N3O4S. The molecule has 1 fully saturated rings. The van der Waals surface area contributed by atoms with E-state index >= 15 is 0 Å². The maximum atomic E-state index is 12.1. The number of hydrogen-bond donors (Lipinski definition) is 2. The van der Waals surface area contributed by atoms with E-state index in [1.165, 1.54) is 4.57 Å². The zero-order valence-corrected chi connectivity index (χ0v) is 12.4. The third kappa shape index (κ3) is 2.96. The molecule has 0 saturated heterocycles. The van der Waals surface area contributed by atoms with Gasteiger partial charge in [0.15, 0.2) is 5.58 Å². The molecule has 1 saturated carbocycles. The molecule has 0 bridgehead atoms. The Morgan fingerprint density at radius 2 is 2.00 bits per heavy atom. The monoisotopic (exact) mass is 311 g/mol. The van der Waals surface area contributed by atoms with Crippen LogP contribution in [0.15, 0.2) is 27.4 Å². The van der Waals surface area contributed by atoms with E-state index in [2.05, 4.69) is 9.44 Å². The maximum Gasteiger partial charge on any atom is 0.419 e. The van der Waals surface area contributed by atoms with Gasteiger partial charge in [-0.2, -0.15) is 13.1 Å². The fourth-order valence-electron chi connectivity index (χ4n) is 2.64. The highest BCUT2D eigenvalue weighted by atomic mass is 32.2. The smallest absolute Gasteiger partial charge is 0.408 e. The third-order valence-electron chi connectivity index (χ3n) is 3.72. The van der Waals surface area contributed by atoms with Gasteiger partial charge < -0.3 is 4.42 Å². The van der Waals surface area contributed by atoms with Crippen molar-refractivity contribution in [3.8, 4) is 0 Å². The number of aromatic nitrogens is 1. The second-order valence-corrected chi connectivity index (χ2v) is 6.76. The SMILES string of the molecule is Cn1c(=O)oc2ccc(NS(=O)(=O)NC3CCCC3)cc21.